The van der Waals surface area contributed by atoms with Crippen molar-refractivity contribution in [2.45, 2.75) is 38.6 Å². The number of nitrogens with zero attached hydrogens (tertiary/aromatic N) is 1. The van der Waals surface area contributed by atoms with Crippen LogP contribution in [0.1, 0.15) is 32.6 Å². The van der Waals surface area contributed by atoms with Gasteiger partial charge >= 0.3 is 6.09 Å². The maximum atomic E-state index is 11.6. The number of nitrogens with one attached hydrogen (secondary N) is 1. The van der Waals surface area contributed by atoms with Gasteiger partial charge in [0.25, 0.3) is 0 Å². The first-order valence-electron chi connectivity index (χ1n) is 6.68. The van der Waals surface area contributed by atoms with Gasteiger partial charge in [-0.1, -0.05) is 12.8 Å². The van der Waals surface area contributed by atoms with Gasteiger partial charge in [-0.25, -0.2) is 4.79 Å². The molecule has 2 atom stereocenters. The van der Waals surface area contributed by atoms with E-state index in [0.717, 1.165) is 18.9 Å². The summed E-state index contributed by atoms with van der Waals surface area (Å²) in [4.78, 5) is 24.5. The van der Waals surface area contributed by atoms with Crippen molar-refractivity contribution in [2.75, 3.05) is 20.2 Å². The average molecular weight is 254 g/mol. The summed E-state index contributed by atoms with van der Waals surface area (Å²) < 4.78 is 4.79. The molecule has 5 nitrogen and oxygen atoms in total. The SMILES string of the molecule is COC(=O)N1CC(CC2CC2)CC(NC(C)=O)C1. The van der Waals surface area contributed by atoms with Crippen molar-refractivity contribution in [3.05, 3.63) is 0 Å². The first-order chi connectivity index (χ1) is 8.58. The van der Waals surface area contributed by atoms with E-state index in [1.807, 2.05) is 0 Å². The third-order valence-electron chi connectivity index (χ3n) is 3.74. The molecule has 1 N–H and O–H groups in total. The van der Waals surface area contributed by atoms with Crippen LogP contribution in [-0.2, 0) is 9.53 Å². The van der Waals surface area contributed by atoms with E-state index in [1.165, 1.54) is 33.3 Å². The monoisotopic (exact) mass is 254 g/mol. The van der Waals surface area contributed by atoms with Gasteiger partial charge in [-0.3, -0.25) is 4.79 Å². The predicted molar refractivity (Wildman–Crippen MR) is 67.0 cm³/mol. The highest BCUT2D eigenvalue weighted by molar-refractivity contribution is 5.73. The Hall–Kier alpha value is -1.26. The Morgan fingerprint density at radius 3 is 2.56 bits per heavy atom. The lowest BCUT2D eigenvalue weighted by atomic mass is 9.90. The molecule has 2 unspecified atom stereocenters. The number of piperidine rings is 1. The fourth-order valence-corrected chi connectivity index (χ4v) is 2.87. The Balaban J connectivity index is 1.94. The Labute approximate surface area is 108 Å². The minimum Gasteiger partial charge on any atom is -0.453 e. The first-order valence-corrected chi connectivity index (χ1v) is 6.68. The summed E-state index contributed by atoms with van der Waals surface area (Å²) in [5.74, 6) is 1.30. The Morgan fingerprint density at radius 2 is 2.00 bits per heavy atom. The van der Waals surface area contributed by atoms with Crippen molar-refractivity contribution < 1.29 is 14.3 Å². The number of rotatable bonds is 3. The van der Waals surface area contributed by atoms with Crippen molar-refractivity contribution in [1.29, 1.82) is 0 Å². The fraction of sp³-hybridized carbons (Fsp3) is 0.846. The molecule has 0 aromatic rings. The lowest BCUT2D eigenvalue weighted by Gasteiger charge is -2.37. The largest absolute Gasteiger partial charge is 0.453 e. The summed E-state index contributed by atoms with van der Waals surface area (Å²) in [7, 11) is 1.40. The van der Waals surface area contributed by atoms with Crippen LogP contribution < -0.4 is 5.32 Å². The molecular weight excluding hydrogens is 232 g/mol. The maximum Gasteiger partial charge on any atom is 0.409 e. The summed E-state index contributed by atoms with van der Waals surface area (Å²) >= 11 is 0. The van der Waals surface area contributed by atoms with E-state index in [4.69, 9.17) is 4.74 Å². The number of carbonyl (C=O) groups is 2. The van der Waals surface area contributed by atoms with E-state index in [1.54, 1.807) is 4.90 Å². The van der Waals surface area contributed by atoms with Crippen LogP contribution in [0.25, 0.3) is 0 Å². The average Bonchev–Trinajstić information content (AvgIpc) is 3.10. The molecule has 1 aliphatic carbocycles. The molecule has 102 valence electrons. The maximum absolute atomic E-state index is 11.6. The second-order valence-electron chi connectivity index (χ2n) is 5.55. The fourth-order valence-electron chi connectivity index (χ4n) is 2.87. The molecule has 18 heavy (non-hydrogen) atoms. The molecule has 1 saturated heterocycles. The smallest absolute Gasteiger partial charge is 0.409 e. The topological polar surface area (TPSA) is 58.6 Å². The van der Waals surface area contributed by atoms with Gasteiger partial charge in [0.05, 0.1) is 7.11 Å². The van der Waals surface area contributed by atoms with Crippen LogP contribution in [0.15, 0.2) is 0 Å². The highest BCUT2D eigenvalue weighted by Crippen LogP contribution is 2.37. The number of ether oxygens (including phenoxy) is 1. The van der Waals surface area contributed by atoms with E-state index < -0.39 is 0 Å². The molecule has 0 spiro atoms. The molecule has 2 fully saturated rings. The van der Waals surface area contributed by atoms with E-state index in [9.17, 15) is 9.59 Å². The van der Waals surface area contributed by atoms with Crippen LogP contribution >= 0.6 is 0 Å². The number of hydrogen-bond acceptors (Lipinski definition) is 3. The van der Waals surface area contributed by atoms with Gasteiger partial charge in [0.15, 0.2) is 0 Å². The van der Waals surface area contributed by atoms with Crippen LogP contribution in [0.4, 0.5) is 4.79 Å². The van der Waals surface area contributed by atoms with E-state index >= 15 is 0 Å². The quantitative estimate of drug-likeness (QED) is 0.827. The predicted octanol–water partition coefficient (Wildman–Crippen LogP) is 1.38. The molecule has 0 bridgehead atoms. The molecule has 2 amide bonds. The summed E-state index contributed by atoms with van der Waals surface area (Å²) in [6.45, 7) is 2.85. The first kappa shape index (κ1) is 13.2. The molecule has 2 aliphatic rings. The highest BCUT2D eigenvalue weighted by Gasteiger charge is 2.34. The van der Waals surface area contributed by atoms with Crippen LogP contribution in [0.3, 0.4) is 0 Å². The highest BCUT2D eigenvalue weighted by atomic mass is 16.5. The van der Waals surface area contributed by atoms with Crippen molar-refractivity contribution in [2.24, 2.45) is 11.8 Å². The van der Waals surface area contributed by atoms with Gasteiger partial charge in [0.2, 0.25) is 5.91 Å². The minimum absolute atomic E-state index is 0.0307. The number of amides is 2. The normalized spacial score (nSPS) is 27.8. The Morgan fingerprint density at radius 1 is 1.28 bits per heavy atom. The number of hydrogen-bond donors (Lipinski definition) is 1. The van der Waals surface area contributed by atoms with Crippen LogP contribution in [0, 0.1) is 11.8 Å². The van der Waals surface area contributed by atoms with Gasteiger partial charge in [-0.15, -0.1) is 0 Å². The summed E-state index contributed by atoms with van der Waals surface area (Å²) in [5.41, 5.74) is 0. The van der Waals surface area contributed by atoms with Crippen molar-refractivity contribution in [3.63, 3.8) is 0 Å². The molecular formula is C13H22N2O3. The lowest BCUT2D eigenvalue weighted by molar-refractivity contribution is -0.120. The van der Waals surface area contributed by atoms with E-state index in [0.29, 0.717) is 12.5 Å². The van der Waals surface area contributed by atoms with Crippen LogP contribution in [0.5, 0.6) is 0 Å². The molecule has 1 heterocycles. The molecule has 2 rings (SSSR count). The molecule has 5 heteroatoms. The standard InChI is InChI=1S/C13H22N2O3/c1-9(16)14-12-6-11(5-10-3-4-10)7-15(8-12)13(17)18-2/h10-12H,3-8H2,1-2H3,(H,14,16). The van der Waals surface area contributed by atoms with Crippen molar-refractivity contribution >= 4 is 12.0 Å². The molecule has 1 saturated carbocycles. The van der Waals surface area contributed by atoms with Crippen LogP contribution in [-0.4, -0.2) is 43.1 Å². The van der Waals surface area contributed by atoms with Crippen LogP contribution in [0.2, 0.25) is 0 Å². The third-order valence-corrected chi connectivity index (χ3v) is 3.74. The lowest BCUT2D eigenvalue weighted by Crippen LogP contribution is -2.52. The molecule has 0 radical (unpaired) electrons. The van der Waals surface area contributed by atoms with E-state index in [2.05, 4.69) is 5.32 Å². The summed E-state index contributed by atoms with van der Waals surface area (Å²) in [5, 5.41) is 2.93. The minimum atomic E-state index is -0.286. The number of likely N-dealkylation sites (tertiary alicyclic amines) is 1. The number of methoxy groups -OCH3 is 1. The van der Waals surface area contributed by atoms with Gasteiger partial charge in [-0.05, 0) is 24.7 Å². The second-order valence-corrected chi connectivity index (χ2v) is 5.55. The second kappa shape index (κ2) is 5.59. The van der Waals surface area contributed by atoms with E-state index in [-0.39, 0.29) is 18.0 Å². The molecule has 0 aromatic heterocycles. The zero-order chi connectivity index (χ0) is 13.1. The van der Waals surface area contributed by atoms with Gasteiger partial charge in [0, 0.05) is 26.1 Å². The zero-order valence-corrected chi connectivity index (χ0v) is 11.1. The van der Waals surface area contributed by atoms with Gasteiger partial charge < -0.3 is 15.0 Å². The Bertz CT molecular complexity index is 328. The van der Waals surface area contributed by atoms with Crippen molar-refractivity contribution in [3.8, 4) is 0 Å². The van der Waals surface area contributed by atoms with Gasteiger partial charge in [0.1, 0.15) is 0 Å². The number of carbonyl (C=O) groups excluding carboxylic acids is 2. The van der Waals surface area contributed by atoms with Gasteiger partial charge in [-0.2, -0.15) is 0 Å². The molecule has 0 aromatic carbocycles. The summed E-state index contributed by atoms with van der Waals surface area (Å²) in [6, 6.07) is 0.0686. The summed E-state index contributed by atoms with van der Waals surface area (Å²) in [6.07, 6.45) is 4.50. The Kier molecular flexibility index (Phi) is 4.09. The van der Waals surface area contributed by atoms with Crippen molar-refractivity contribution in [1.82, 2.24) is 10.2 Å². The third kappa shape index (κ3) is 3.62. The molecule has 1 aliphatic heterocycles. The zero-order valence-electron chi connectivity index (χ0n) is 11.1.